The van der Waals surface area contributed by atoms with Crippen molar-refractivity contribution in [3.05, 3.63) is 22.7 Å². The van der Waals surface area contributed by atoms with Crippen LogP contribution in [0.1, 0.15) is 45.6 Å². The summed E-state index contributed by atoms with van der Waals surface area (Å²) in [4.78, 5) is 0. The van der Waals surface area contributed by atoms with Gasteiger partial charge in [0, 0.05) is 6.54 Å². The second-order valence-electron chi connectivity index (χ2n) is 4.72. The molecular formula is C16H26Cl2NO2-. The van der Waals surface area contributed by atoms with Crippen molar-refractivity contribution in [2.75, 3.05) is 19.8 Å². The highest BCUT2D eigenvalue weighted by molar-refractivity contribution is 6.32. The van der Waals surface area contributed by atoms with Gasteiger partial charge in [-0.05, 0) is 44.0 Å². The van der Waals surface area contributed by atoms with Gasteiger partial charge < -0.3 is 27.2 Å². The van der Waals surface area contributed by atoms with E-state index >= 15 is 0 Å². The zero-order valence-corrected chi connectivity index (χ0v) is 14.7. The van der Waals surface area contributed by atoms with Gasteiger partial charge in [0.2, 0.25) is 0 Å². The van der Waals surface area contributed by atoms with E-state index in [2.05, 4.69) is 19.2 Å². The quantitative estimate of drug-likeness (QED) is 0.656. The number of ether oxygens (including phenoxy) is 2. The lowest BCUT2D eigenvalue weighted by atomic mass is 10.2. The van der Waals surface area contributed by atoms with Crippen LogP contribution in [0.25, 0.3) is 0 Å². The Morgan fingerprint density at radius 3 is 2.48 bits per heavy atom. The minimum absolute atomic E-state index is 0. The lowest BCUT2D eigenvalue weighted by molar-refractivity contribution is -0.00000509. The molecule has 0 heterocycles. The predicted octanol–water partition coefficient (Wildman–Crippen LogP) is 1.42. The highest BCUT2D eigenvalue weighted by Crippen LogP contribution is 2.36. The van der Waals surface area contributed by atoms with Crippen LogP contribution < -0.4 is 27.2 Å². The molecule has 1 aromatic carbocycles. The van der Waals surface area contributed by atoms with E-state index in [4.69, 9.17) is 21.1 Å². The minimum atomic E-state index is 0. The number of nitrogens with one attached hydrogen (secondary N) is 1. The molecule has 0 radical (unpaired) electrons. The molecule has 0 spiro atoms. The minimum Gasteiger partial charge on any atom is -1.00 e. The lowest BCUT2D eigenvalue weighted by Gasteiger charge is -2.15. The van der Waals surface area contributed by atoms with E-state index in [-0.39, 0.29) is 12.4 Å². The fourth-order valence-corrected chi connectivity index (χ4v) is 2.15. The van der Waals surface area contributed by atoms with Crippen molar-refractivity contribution in [3.63, 3.8) is 0 Å². The second kappa shape index (κ2) is 12.0. The van der Waals surface area contributed by atoms with Gasteiger partial charge >= 0.3 is 0 Å². The first-order chi connectivity index (χ1) is 9.72. The summed E-state index contributed by atoms with van der Waals surface area (Å²) in [5.41, 5.74) is 1.12. The number of benzene rings is 1. The SMILES string of the molecule is CCCCNCc1cc(Cl)c(OCCC)c(OCC)c1.[Cl-]. The number of halogens is 2. The van der Waals surface area contributed by atoms with Crippen molar-refractivity contribution in [2.24, 2.45) is 0 Å². The molecule has 0 aliphatic rings. The molecular weight excluding hydrogens is 309 g/mol. The van der Waals surface area contributed by atoms with Gasteiger partial charge in [-0.15, -0.1) is 0 Å². The summed E-state index contributed by atoms with van der Waals surface area (Å²) in [6.07, 6.45) is 3.33. The third kappa shape index (κ3) is 7.25. The van der Waals surface area contributed by atoms with E-state index in [1.54, 1.807) is 0 Å². The van der Waals surface area contributed by atoms with Gasteiger partial charge in [0.1, 0.15) is 0 Å². The third-order valence-electron chi connectivity index (χ3n) is 2.86. The largest absolute Gasteiger partial charge is 1.00 e. The molecule has 0 bridgehead atoms. The molecule has 5 heteroatoms. The molecule has 3 nitrogen and oxygen atoms in total. The molecule has 122 valence electrons. The third-order valence-corrected chi connectivity index (χ3v) is 3.14. The molecule has 0 saturated carbocycles. The fraction of sp³-hybridized carbons (Fsp3) is 0.625. The molecule has 1 rings (SSSR count). The van der Waals surface area contributed by atoms with Crippen LogP contribution in [0.5, 0.6) is 11.5 Å². The smallest absolute Gasteiger partial charge is 0.179 e. The van der Waals surface area contributed by atoms with Gasteiger partial charge in [-0.25, -0.2) is 0 Å². The van der Waals surface area contributed by atoms with Crippen molar-refractivity contribution in [3.8, 4) is 11.5 Å². The Hall–Kier alpha value is -0.640. The van der Waals surface area contributed by atoms with Gasteiger partial charge in [0.05, 0.1) is 18.2 Å². The van der Waals surface area contributed by atoms with Crippen molar-refractivity contribution in [1.82, 2.24) is 5.32 Å². The van der Waals surface area contributed by atoms with Crippen LogP contribution in [0, 0.1) is 0 Å². The Morgan fingerprint density at radius 1 is 1.10 bits per heavy atom. The summed E-state index contributed by atoms with van der Waals surface area (Å²) >= 11 is 6.31. The first-order valence-electron chi connectivity index (χ1n) is 7.51. The van der Waals surface area contributed by atoms with Crippen LogP contribution in [-0.2, 0) is 6.54 Å². The molecule has 0 saturated heterocycles. The Kier molecular flexibility index (Phi) is 11.6. The fourth-order valence-electron chi connectivity index (χ4n) is 1.87. The van der Waals surface area contributed by atoms with Crippen LogP contribution in [0.15, 0.2) is 12.1 Å². The Labute approximate surface area is 139 Å². The van der Waals surface area contributed by atoms with Crippen molar-refractivity contribution in [1.29, 1.82) is 0 Å². The van der Waals surface area contributed by atoms with Crippen LogP contribution in [-0.4, -0.2) is 19.8 Å². The van der Waals surface area contributed by atoms with Gasteiger partial charge in [-0.3, -0.25) is 0 Å². The molecule has 0 aliphatic carbocycles. The molecule has 1 N–H and O–H groups in total. The number of unbranched alkanes of at least 4 members (excludes halogenated alkanes) is 1. The summed E-state index contributed by atoms with van der Waals surface area (Å²) in [6, 6.07) is 3.97. The summed E-state index contributed by atoms with van der Waals surface area (Å²) < 4.78 is 11.3. The van der Waals surface area contributed by atoms with E-state index < -0.39 is 0 Å². The standard InChI is InChI=1S/C16H26ClNO2.ClH/c1-4-7-8-18-12-13-10-14(17)16(20-9-5-2)15(11-13)19-6-3;/h10-11,18H,4-9,12H2,1-3H3;1H/p-1. The zero-order chi connectivity index (χ0) is 14.8. The maximum absolute atomic E-state index is 6.31. The summed E-state index contributed by atoms with van der Waals surface area (Å²) in [6.45, 7) is 9.29. The topological polar surface area (TPSA) is 30.5 Å². The second-order valence-corrected chi connectivity index (χ2v) is 5.12. The predicted molar refractivity (Wildman–Crippen MR) is 85.0 cm³/mol. The maximum Gasteiger partial charge on any atom is 0.179 e. The van der Waals surface area contributed by atoms with Crippen molar-refractivity contribution in [2.45, 2.75) is 46.6 Å². The Morgan fingerprint density at radius 2 is 1.86 bits per heavy atom. The molecule has 21 heavy (non-hydrogen) atoms. The van der Waals surface area contributed by atoms with Gasteiger partial charge in [-0.2, -0.15) is 0 Å². The average molecular weight is 335 g/mol. The molecule has 0 aromatic heterocycles. The first kappa shape index (κ1) is 20.4. The van der Waals surface area contributed by atoms with Crippen molar-refractivity contribution < 1.29 is 21.9 Å². The van der Waals surface area contributed by atoms with E-state index in [0.29, 0.717) is 24.0 Å². The van der Waals surface area contributed by atoms with Crippen LogP contribution >= 0.6 is 11.6 Å². The highest BCUT2D eigenvalue weighted by Gasteiger charge is 2.12. The van der Waals surface area contributed by atoms with E-state index in [1.165, 1.54) is 12.8 Å². The van der Waals surface area contributed by atoms with Crippen molar-refractivity contribution >= 4 is 11.6 Å². The zero-order valence-electron chi connectivity index (χ0n) is 13.2. The summed E-state index contributed by atoms with van der Waals surface area (Å²) in [5.74, 6) is 1.40. The molecule has 0 atom stereocenters. The molecule has 1 aromatic rings. The molecule has 0 aliphatic heterocycles. The lowest BCUT2D eigenvalue weighted by Crippen LogP contribution is -3.00. The molecule has 0 unspecified atom stereocenters. The molecule has 0 amide bonds. The van der Waals surface area contributed by atoms with Crippen LogP contribution in [0.4, 0.5) is 0 Å². The summed E-state index contributed by atoms with van der Waals surface area (Å²) in [5, 5.41) is 4.03. The average Bonchev–Trinajstić information content (AvgIpc) is 2.43. The molecule has 0 fully saturated rings. The highest BCUT2D eigenvalue weighted by atomic mass is 35.5. The van der Waals surface area contributed by atoms with Gasteiger partial charge in [0.25, 0.3) is 0 Å². The van der Waals surface area contributed by atoms with E-state index in [9.17, 15) is 0 Å². The number of hydrogen-bond acceptors (Lipinski definition) is 3. The van der Waals surface area contributed by atoms with E-state index in [1.807, 2.05) is 19.1 Å². The number of hydrogen-bond donors (Lipinski definition) is 1. The Bertz CT molecular complexity index is 400. The van der Waals surface area contributed by atoms with Gasteiger partial charge in [0.15, 0.2) is 11.5 Å². The Balaban J connectivity index is 0.00000400. The monoisotopic (exact) mass is 334 g/mol. The first-order valence-corrected chi connectivity index (χ1v) is 7.89. The van der Waals surface area contributed by atoms with Gasteiger partial charge in [-0.1, -0.05) is 31.9 Å². The van der Waals surface area contributed by atoms with Crippen LogP contribution in [0.2, 0.25) is 5.02 Å². The summed E-state index contributed by atoms with van der Waals surface area (Å²) in [7, 11) is 0. The van der Waals surface area contributed by atoms with Crippen LogP contribution in [0.3, 0.4) is 0 Å². The van der Waals surface area contributed by atoms with E-state index in [0.717, 1.165) is 30.8 Å². The number of rotatable bonds is 10. The maximum atomic E-state index is 6.31. The normalized spacial score (nSPS) is 10.1.